The number of hydrogen-bond acceptors (Lipinski definition) is 5. The van der Waals surface area contributed by atoms with E-state index in [9.17, 15) is 4.79 Å². The molecule has 1 aliphatic rings. The van der Waals surface area contributed by atoms with Crippen molar-refractivity contribution in [2.75, 3.05) is 20.2 Å². The highest BCUT2D eigenvalue weighted by Crippen LogP contribution is 2.20. The van der Waals surface area contributed by atoms with Crippen LogP contribution in [-0.4, -0.2) is 47.1 Å². The third-order valence-corrected chi connectivity index (χ3v) is 4.62. The molecule has 0 aliphatic carbocycles. The Bertz CT molecular complexity index is 700. The summed E-state index contributed by atoms with van der Waals surface area (Å²) < 4.78 is 12.0. The van der Waals surface area contributed by atoms with Gasteiger partial charge in [0.1, 0.15) is 6.10 Å². The summed E-state index contributed by atoms with van der Waals surface area (Å²) in [4.78, 5) is 22.5. The number of methoxy groups -OCH3 is 1. The SMILES string of the molecule is COc1nccc(OC2CCN(C(=O)c3ccc(I)cc3)CC2)n1. The number of halogens is 1. The first kappa shape index (κ1) is 16.9. The normalized spacial score (nSPS) is 15.2. The number of carbonyl (C=O) groups is 1. The second-order valence-electron chi connectivity index (χ2n) is 5.50. The van der Waals surface area contributed by atoms with Crippen molar-refractivity contribution in [2.45, 2.75) is 18.9 Å². The highest BCUT2D eigenvalue weighted by atomic mass is 127. The summed E-state index contributed by atoms with van der Waals surface area (Å²) >= 11 is 2.23. The molecule has 24 heavy (non-hydrogen) atoms. The van der Waals surface area contributed by atoms with Crippen molar-refractivity contribution < 1.29 is 14.3 Å². The van der Waals surface area contributed by atoms with Gasteiger partial charge in [0.25, 0.3) is 5.91 Å². The quantitative estimate of drug-likeness (QED) is 0.686. The van der Waals surface area contributed by atoms with Gasteiger partial charge in [0, 0.05) is 47.3 Å². The third kappa shape index (κ3) is 4.14. The minimum Gasteiger partial charge on any atom is -0.474 e. The van der Waals surface area contributed by atoms with Crippen LogP contribution >= 0.6 is 22.6 Å². The smallest absolute Gasteiger partial charge is 0.319 e. The molecule has 126 valence electrons. The molecule has 7 heteroatoms. The van der Waals surface area contributed by atoms with Crippen LogP contribution in [0.1, 0.15) is 23.2 Å². The van der Waals surface area contributed by atoms with Gasteiger partial charge in [-0.3, -0.25) is 4.79 Å². The zero-order valence-corrected chi connectivity index (χ0v) is 15.5. The molecule has 1 fully saturated rings. The monoisotopic (exact) mass is 439 g/mol. The van der Waals surface area contributed by atoms with Crippen molar-refractivity contribution in [1.82, 2.24) is 14.9 Å². The van der Waals surface area contributed by atoms with Gasteiger partial charge >= 0.3 is 6.01 Å². The van der Waals surface area contributed by atoms with E-state index in [-0.39, 0.29) is 12.0 Å². The number of hydrogen-bond donors (Lipinski definition) is 0. The summed E-state index contributed by atoms with van der Waals surface area (Å²) in [7, 11) is 1.52. The predicted octanol–water partition coefficient (Wildman–Crippen LogP) is 2.77. The molecule has 1 aromatic carbocycles. The summed E-state index contributed by atoms with van der Waals surface area (Å²) in [6.07, 6.45) is 3.21. The number of aromatic nitrogens is 2. The van der Waals surface area contributed by atoms with E-state index in [0.717, 1.165) is 22.0 Å². The second-order valence-corrected chi connectivity index (χ2v) is 6.74. The first-order valence-electron chi connectivity index (χ1n) is 7.74. The molecule has 0 bridgehead atoms. The molecule has 0 radical (unpaired) electrons. The second kappa shape index (κ2) is 7.78. The molecule has 1 aromatic heterocycles. The molecule has 3 rings (SSSR count). The summed E-state index contributed by atoms with van der Waals surface area (Å²) in [6.45, 7) is 1.36. The van der Waals surface area contributed by atoms with Crippen LogP contribution in [0.4, 0.5) is 0 Å². The van der Waals surface area contributed by atoms with Gasteiger partial charge in [0.2, 0.25) is 5.88 Å². The Labute approximate surface area is 154 Å². The number of nitrogens with zero attached hydrogens (tertiary/aromatic N) is 3. The maximum absolute atomic E-state index is 12.5. The molecule has 2 aromatic rings. The average molecular weight is 439 g/mol. The molecule has 1 amide bonds. The van der Waals surface area contributed by atoms with Crippen LogP contribution in [0.25, 0.3) is 0 Å². The fourth-order valence-electron chi connectivity index (χ4n) is 2.61. The summed E-state index contributed by atoms with van der Waals surface area (Å²) in [5, 5.41) is 0. The Balaban J connectivity index is 1.55. The van der Waals surface area contributed by atoms with E-state index >= 15 is 0 Å². The highest BCUT2D eigenvalue weighted by Gasteiger charge is 2.25. The van der Waals surface area contributed by atoms with E-state index in [1.807, 2.05) is 29.2 Å². The van der Waals surface area contributed by atoms with Crippen LogP contribution in [0.3, 0.4) is 0 Å². The number of carbonyl (C=O) groups excluding carboxylic acids is 1. The first-order chi connectivity index (χ1) is 11.7. The minimum atomic E-state index is 0.0466. The number of ether oxygens (including phenoxy) is 2. The maximum atomic E-state index is 12.5. The molecule has 0 saturated carbocycles. The molecule has 0 atom stereocenters. The van der Waals surface area contributed by atoms with Gasteiger partial charge < -0.3 is 14.4 Å². The number of rotatable bonds is 4. The van der Waals surface area contributed by atoms with Gasteiger partial charge in [-0.05, 0) is 46.9 Å². The van der Waals surface area contributed by atoms with Crippen molar-refractivity contribution in [3.63, 3.8) is 0 Å². The van der Waals surface area contributed by atoms with Gasteiger partial charge in [0.15, 0.2) is 0 Å². The van der Waals surface area contributed by atoms with Crippen LogP contribution in [0.5, 0.6) is 11.9 Å². The molecule has 2 heterocycles. The van der Waals surface area contributed by atoms with Crippen LogP contribution in [0.2, 0.25) is 0 Å². The zero-order chi connectivity index (χ0) is 16.9. The van der Waals surface area contributed by atoms with Gasteiger partial charge in [-0.2, -0.15) is 4.98 Å². The number of benzene rings is 1. The number of amides is 1. The van der Waals surface area contributed by atoms with Gasteiger partial charge in [-0.15, -0.1) is 0 Å². The lowest BCUT2D eigenvalue weighted by atomic mass is 10.1. The molecule has 1 saturated heterocycles. The first-order valence-corrected chi connectivity index (χ1v) is 8.82. The van der Waals surface area contributed by atoms with Gasteiger partial charge in [-0.25, -0.2) is 4.98 Å². The van der Waals surface area contributed by atoms with Crippen molar-refractivity contribution >= 4 is 28.5 Å². The minimum absolute atomic E-state index is 0.0466. The van der Waals surface area contributed by atoms with Crippen molar-refractivity contribution in [1.29, 1.82) is 0 Å². The number of likely N-dealkylation sites (tertiary alicyclic amines) is 1. The third-order valence-electron chi connectivity index (χ3n) is 3.90. The van der Waals surface area contributed by atoms with E-state index in [4.69, 9.17) is 9.47 Å². The molecule has 6 nitrogen and oxygen atoms in total. The lowest BCUT2D eigenvalue weighted by Gasteiger charge is -2.32. The van der Waals surface area contributed by atoms with E-state index < -0.39 is 0 Å². The van der Waals surface area contributed by atoms with E-state index in [1.54, 1.807) is 12.3 Å². The molecular weight excluding hydrogens is 421 g/mol. The zero-order valence-electron chi connectivity index (χ0n) is 13.3. The Morgan fingerprint density at radius 2 is 1.92 bits per heavy atom. The highest BCUT2D eigenvalue weighted by molar-refractivity contribution is 14.1. The van der Waals surface area contributed by atoms with Crippen molar-refractivity contribution in [2.24, 2.45) is 0 Å². The fourth-order valence-corrected chi connectivity index (χ4v) is 2.97. The molecule has 0 unspecified atom stereocenters. The maximum Gasteiger partial charge on any atom is 0.319 e. The van der Waals surface area contributed by atoms with Crippen LogP contribution < -0.4 is 9.47 Å². The van der Waals surface area contributed by atoms with Crippen molar-refractivity contribution in [3.05, 3.63) is 45.7 Å². The Morgan fingerprint density at radius 1 is 1.21 bits per heavy atom. The molecule has 0 spiro atoms. The van der Waals surface area contributed by atoms with Gasteiger partial charge in [0.05, 0.1) is 7.11 Å². The topological polar surface area (TPSA) is 64.6 Å². The summed E-state index contributed by atoms with van der Waals surface area (Å²) in [5.41, 5.74) is 0.732. The van der Waals surface area contributed by atoms with E-state index in [0.29, 0.717) is 25.0 Å². The Hall–Kier alpha value is -1.90. The standard InChI is InChI=1S/C17H18IN3O3/c1-23-17-19-9-6-15(20-17)24-14-7-10-21(11-8-14)16(22)12-2-4-13(18)5-3-12/h2-6,9,14H,7-8,10-11H2,1H3. The Kier molecular flexibility index (Phi) is 5.49. The van der Waals surface area contributed by atoms with Crippen LogP contribution in [-0.2, 0) is 0 Å². The van der Waals surface area contributed by atoms with Crippen molar-refractivity contribution in [3.8, 4) is 11.9 Å². The lowest BCUT2D eigenvalue weighted by molar-refractivity contribution is 0.0586. The van der Waals surface area contributed by atoms with Crippen LogP contribution in [0.15, 0.2) is 36.5 Å². The van der Waals surface area contributed by atoms with Gasteiger partial charge in [-0.1, -0.05) is 0 Å². The summed E-state index contributed by atoms with van der Waals surface area (Å²) in [5.74, 6) is 0.581. The predicted molar refractivity (Wildman–Crippen MR) is 97.3 cm³/mol. The summed E-state index contributed by atoms with van der Waals surface area (Å²) in [6, 6.07) is 9.66. The largest absolute Gasteiger partial charge is 0.474 e. The lowest BCUT2D eigenvalue weighted by Crippen LogP contribution is -2.41. The Morgan fingerprint density at radius 3 is 2.58 bits per heavy atom. The molecular formula is C17H18IN3O3. The average Bonchev–Trinajstić information content (AvgIpc) is 2.62. The molecule has 0 N–H and O–H groups in total. The fraction of sp³-hybridized carbons (Fsp3) is 0.353. The number of piperidine rings is 1. The molecule has 1 aliphatic heterocycles. The van der Waals surface area contributed by atoms with E-state index in [2.05, 4.69) is 32.6 Å². The van der Waals surface area contributed by atoms with E-state index in [1.165, 1.54) is 7.11 Å². The van der Waals surface area contributed by atoms with Crippen LogP contribution in [0, 0.1) is 3.57 Å².